The highest BCUT2D eigenvalue weighted by molar-refractivity contribution is 6.40. The van der Waals surface area contributed by atoms with Crippen LogP contribution < -0.4 is 26.1 Å². The van der Waals surface area contributed by atoms with E-state index < -0.39 is 23.6 Å². The maximum Gasteiger partial charge on any atom is 0.329 e. The number of carbonyl (C=O) groups is 4. The van der Waals surface area contributed by atoms with Gasteiger partial charge in [-0.2, -0.15) is 5.10 Å². The van der Waals surface area contributed by atoms with Crippen LogP contribution in [-0.4, -0.2) is 37.0 Å². The van der Waals surface area contributed by atoms with Crippen LogP contribution in [0.25, 0.3) is 0 Å². The first kappa shape index (κ1) is 23.7. The molecule has 0 saturated heterocycles. The molecule has 3 rings (SSSR count). The summed E-state index contributed by atoms with van der Waals surface area (Å²) in [7, 11) is 1.52. The van der Waals surface area contributed by atoms with Crippen LogP contribution in [0.15, 0.2) is 76.2 Å². The molecule has 0 radical (unpaired) electrons. The number of anilines is 2. The normalized spacial score (nSPS) is 10.4. The second-order valence-electron chi connectivity index (χ2n) is 6.69. The molecular formula is C23H21N5O6. The topological polar surface area (TPSA) is 151 Å². The number of nitrogens with one attached hydrogen (secondary N) is 4. The van der Waals surface area contributed by atoms with Gasteiger partial charge in [0.05, 0.1) is 19.9 Å². The first-order valence-electron chi connectivity index (χ1n) is 9.96. The van der Waals surface area contributed by atoms with Crippen LogP contribution in [0.2, 0.25) is 0 Å². The molecule has 0 unspecified atom stereocenters. The number of hydrazone groups is 1. The van der Waals surface area contributed by atoms with Crippen molar-refractivity contribution in [3.63, 3.8) is 0 Å². The highest BCUT2D eigenvalue weighted by Gasteiger charge is 2.15. The third-order valence-electron chi connectivity index (χ3n) is 4.26. The van der Waals surface area contributed by atoms with Crippen LogP contribution in [0.1, 0.15) is 11.5 Å². The monoisotopic (exact) mass is 463 g/mol. The van der Waals surface area contributed by atoms with Crippen LogP contribution in [0.4, 0.5) is 11.4 Å². The van der Waals surface area contributed by atoms with Gasteiger partial charge in [-0.1, -0.05) is 18.2 Å². The summed E-state index contributed by atoms with van der Waals surface area (Å²) in [6.07, 6.45) is 1.19. The first-order valence-corrected chi connectivity index (χ1v) is 9.96. The molecule has 1 heterocycles. The highest BCUT2D eigenvalue weighted by atomic mass is 16.5. The molecule has 4 N–H and O–H groups in total. The number of nitrogens with zero attached hydrogens (tertiary/aromatic N) is 1. The SMILES string of the molecule is COc1ccc(NC(=O)C(=O)N/N=C/c2ccc(CNC(=O)C(=O)Nc3ccccc3)o2)cc1. The van der Waals surface area contributed by atoms with Gasteiger partial charge in [-0.3, -0.25) is 19.2 Å². The molecule has 2 aromatic carbocycles. The number of amides is 4. The number of furan rings is 1. The van der Waals surface area contributed by atoms with E-state index in [4.69, 9.17) is 9.15 Å². The molecule has 0 aliphatic heterocycles. The van der Waals surface area contributed by atoms with Crippen molar-refractivity contribution < 1.29 is 28.3 Å². The molecule has 0 spiro atoms. The molecule has 1 aromatic heterocycles. The van der Waals surface area contributed by atoms with Gasteiger partial charge in [0.2, 0.25) is 0 Å². The Balaban J connectivity index is 1.42. The summed E-state index contributed by atoms with van der Waals surface area (Å²) in [6.45, 7) is -0.0362. The number of ether oxygens (including phenoxy) is 1. The van der Waals surface area contributed by atoms with Crippen molar-refractivity contribution in [1.29, 1.82) is 0 Å². The predicted molar refractivity (Wildman–Crippen MR) is 123 cm³/mol. The van der Waals surface area contributed by atoms with E-state index in [1.807, 2.05) is 0 Å². The lowest BCUT2D eigenvalue weighted by atomic mass is 10.3. The molecular weight excluding hydrogens is 442 g/mol. The number of hydrogen-bond acceptors (Lipinski definition) is 7. The summed E-state index contributed by atoms with van der Waals surface area (Å²) in [6, 6.07) is 18.1. The highest BCUT2D eigenvalue weighted by Crippen LogP contribution is 2.14. The van der Waals surface area contributed by atoms with Crippen molar-refractivity contribution in [3.8, 4) is 5.75 Å². The fourth-order valence-corrected chi connectivity index (χ4v) is 2.58. The Morgan fingerprint density at radius 1 is 0.824 bits per heavy atom. The summed E-state index contributed by atoms with van der Waals surface area (Å²) in [5, 5.41) is 11.0. The van der Waals surface area contributed by atoms with Gasteiger partial charge < -0.3 is 25.1 Å². The maximum atomic E-state index is 11.9. The molecule has 0 saturated carbocycles. The van der Waals surface area contributed by atoms with E-state index in [0.717, 1.165) is 0 Å². The van der Waals surface area contributed by atoms with Gasteiger partial charge in [-0.05, 0) is 48.5 Å². The first-order chi connectivity index (χ1) is 16.4. The summed E-state index contributed by atoms with van der Waals surface area (Å²) >= 11 is 0. The Hall–Kier alpha value is -4.93. The lowest BCUT2D eigenvalue weighted by molar-refractivity contribution is -0.136. The zero-order valence-corrected chi connectivity index (χ0v) is 18.0. The van der Waals surface area contributed by atoms with Crippen molar-refractivity contribution in [1.82, 2.24) is 10.7 Å². The average Bonchev–Trinajstić information content (AvgIpc) is 3.31. The van der Waals surface area contributed by atoms with Crippen LogP contribution in [0, 0.1) is 0 Å². The van der Waals surface area contributed by atoms with E-state index >= 15 is 0 Å². The third kappa shape index (κ3) is 7.05. The van der Waals surface area contributed by atoms with Crippen molar-refractivity contribution >= 4 is 41.2 Å². The molecule has 0 aliphatic rings. The lowest BCUT2D eigenvalue weighted by Gasteiger charge is -2.05. The lowest BCUT2D eigenvalue weighted by Crippen LogP contribution is -2.34. The Morgan fingerprint density at radius 2 is 1.47 bits per heavy atom. The minimum Gasteiger partial charge on any atom is -0.497 e. The number of carbonyl (C=O) groups excluding carboxylic acids is 4. The molecule has 0 bridgehead atoms. The van der Waals surface area contributed by atoms with Gasteiger partial charge in [0, 0.05) is 11.4 Å². The van der Waals surface area contributed by atoms with E-state index in [1.54, 1.807) is 66.7 Å². The van der Waals surface area contributed by atoms with Crippen molar-refractivity contribution in [2.24, 2.45) is 5.10 Å². The van der Waals surface area contributed by atoms with Gasteiger partial charge in [0.15, 0.2) is 0 Å². The number of rotatable bonds is 7. The van der Waals surface area contributed by atoms with Crippen LogP contribution >= 0.6 is 0 Å². The minimum atomic E-state index is -0.976. The molecule has 11 heteroatoms. The average molecular weight is 463 g/mol. The summed E-state index contributed by atoms with van der Waals surface area (Å²) < 4.78 is 10.5. The zero-order valence-electron chi connectivity index (χ0n) is 18.0. The second-order valence-corrected chi connectivity index (χ2v) is 6.69. The molecule has 0 atom stereocenters. The fourth-order valence-electron chi connectivity index (χ4n) is 2.58. The Kier molecular flexibility index (Phi) is 8.11. The van der Waals surface area contributed by atoms with E-state index in [-0.39, 0.29) is 12.3 Å². The molecule has 34 heavy (non-hydrogen) atoms. The van der Waals surface area contributed by atoms with Crippen molar-refractivity contribution in [2.75, 3.05) is 17.7 Å². The summed E-state index contributed by atoms with van der Waals surface area (Å²) in [5.74, 6) is -2.30. The smallest absolute Gasteiger partial charge is 0.329 e. The van der Waals surface area contributed by atoms with E-state index in [0.29, 0.717) is 22.9 Å². The van der Waals surface area contributed by atoms with E-state index in [2.05, 4.69) is 26.5 Å². The van der Waals surface area contributed by atoms with E-state index in [9.17, 15) is 19.2 Å². The summed E-state index contributed by atoms with van der Waals surface area (Å²) in [4.78, 5) is 47.6. The standard InChI is InChI=1S/C23H21N5O6/c1-33-17-9-7-16(8-10-17)27-22(31)23(32)28-25-14-19-12-11-18(34-19)13-24-20(29)21(30)26-15-5-3-2-4-6-15/h2-12,14H,13H2,1H3,(H,24,29)(H,26,30)(H,27,31)(H,28,32)/b25-14+. The number of hydrogen-bond donors (Lipinski definition) is 4. The largest absolute Gasteiger partial charge is 0.497 e. The van der Waals surface area contributed by atoms with Crippen molar-refractivity contribution in [2.45, 2.75) is 6.54 Å². The van der Waals surface area contributed by atoms with E-state index in [1.165, 1.54) is 13.3 Å². The van der Waals surface area contributed by atoms with Crippen molar-refractivity contribution in [3.05, 3.63) is 78.3 Å². The third-order valence-corrected chi connectivity index (χ3v) is 4.26. The molecule has 11 nitrogen and oxygen atoms in total. The fraction of sp³-hybridized carbons (Fsp3) is 0.0870. The van der Waals surface area contributed by atoms with Crippen LogP contribution in [-0.2, 0) is 25.7 Å². The second kappa shape index (κ2) is 11.6. The molecule has 0 aliphatic carbocycles. The zero-order chi connectivity index (χ0) is 24.3. The summed E-state index contributed by atoms with van der Waals surface area (Å²) in [5.41, 5.74) is 3.00. The minimum absolute atomic E-state index is 0.0362. The van der Waals surface area contributed by atoms with Gasteiger partial charge in [0.25, 0.3) is 0 Å². The van der Waals surface area contributed by atoms with Gasteiger partial charge in [0.1, 0.15) is 17.3 Å². The quantitative estimate of drug-likeness (QED) is 0.238. The molecule has 4 amide bonds. The van der Waals surface area contributed by atoms with Gasteiger partial charge in [-0.25, -0.2) is 5.43 Å². The maximum absolute atomic E-state index is 11.9. The predicted octanol–water partition coefficient (Wildman–Crippen LogP) is 1.63. The Morgan fingerprint density at radius 3 is 2.15 bits per heavy atom. The number of para-hydroxylation sites is 1. The molecule has 0 fully saturated rings. The molecule has 174 valence electrons. The van der Waals surface area contributed by atoms with Crippen LogP contribution in [0.3, 0.4) is 0 Å². The Bertz CT molecular complexity index is 1190. The van der Waals surface area contributed by atoms with Gasteiger partial charge >= 0.3 is 23.6 Å². The number of methoxy groups -OCH3 is 1. The van der Waals surface area contributed by atoms with Crippen LogP contribution in [0.5, 0.6) is 5.75 Å². The molecule has 3 aromatic rings. The number of benzene rings is 2. The van der Waals surface area contributed by atoms with Gasteiger partial charge in [-0.15, -0.1) is 0 Å². The Labute approximate surface area is 194 Å².